The molecule has 0 saturated heterocycles. The third kappa shape index (κ3) is 1.75. The average Bonchev–Trinajstić information content (AvgIpc) is 2.88. The number of benzene rings is 1. The van der Waals surface area contributed by atoms with Crippen LogP contribution < -0.4 is 5.73 Å². The molecule has 0 aromatic heterocycles. The molecule has 2 N–H and O–H groups in total. The molecular formula is C14H16ClNO. The van der Waals surface area contributed by atoms with Gasteiger partial charge in [-0.3, -0.25) is 4.79 Å². The van der Waals surface area contributed by atoms with E-state index < -0.39 is 0 Å². The summed E-state index contributed by atoms with van der Waals surface area (Å²) in [7, 11) is 0. The van der Waals surface area contributed by atoms with Gasteiger partial charge in [-0.1, -0.05) is 23.7 Å². The number of carbonyl (C=O) groups is 1. The first-order chi connectivity index (χ1) is 8.16. The van der Waals surface area contributed by atoms with Gasteiger partial charge in [0.15, 0.2) is 0 Å². The molecule has 1 aromatic carbocycles. The molecule has 2 aliphatic carbocycles. The molecule has 0 spiro atoms. The van der Waals surface area contributed by atoms with Gasteiger partial charge in [-0.25, -0.2) is 0 Å². The van der Waals surface area contributed by atoms with Crippen LogP contribution in [-0.4, -0.2) is 5.91 Å². The number of hydrogen-bond donors (Lipinski definition) is 1. The third-order valence-corrected chi connectivity index (χ3v) is 4.71. The molecule has 2 aliphatic rings. The number of primary amides is 1. The van der Waals surface area contributed by atoms with E-state index >= 15 is 0 Å². The maximum Gasteiger partial charge on any atom is 0.221 e. The summed E-state index contributed by atoms with van der Waals surface area (Å²) in [5, 5.41) is 0.744. The van der Waals surface area contributed by atoms with E-state index in [0.717, 1.165) is 17.9 Å². The van der Waals surface area contributed by atoms with Crippen LogP contribution in [0.4, 0.5) is 0 Å². The molecule has 0 aliphatic heterocycles. The van der Waals surface area contributed by atoms with E-state index in [1.165, 1.54) is 12.0 Å². The fourth-order valence-corrected chi connectivity index (χ4v) is 4.09. The number of rotatable bonds is 2. The molecule has 2 bridgehead atoms. The molecule has 2 saturated carbocycles. The van der Waals surface area contributed by atoms with Crippen LogP contribution in [0.3, 0.4) is 0 Å². The Kier molecular flexibility index (Phi) is 2.62. The van der Waals surface area contributed by atoms with Gasteiger partial charge in [0.1, 0.15) is 0 Å². The van der Waals surface area contributed by atoms with Gasteiger partial charge in [0.2, 0.25) is 5.91 Å². The highest BCUT2D eigenvalue weighted by Gasteiger charge is 2.50. The second kappa shape index (κ2) is 4.02. The third-order valence-electron chi connectivity index (χ3n) is 4.48. The number of halogens is 1. The summed E-state index contributed by atoms with van der Waals surface area (Å²) in [6, 6.07) is 7.90. The standard InChI is InChI=1S/C14H16ClNO/c15-11-3-1-2-8(7-11)12-9-4-5-10(6-9)13(12)14(16)17/h1-3,7,9-10,12-13H,4-6H2,(H2,16,17)/t9-,10+,12+,13+/m0/s1. The monoisotopic (exact) mass is 249 g/mol. The number of fused-ring (bicyclic) bond motifs is 2. The zero-order chi connectivity index (χ0) is 12.0. The Morgan fingerprint density at radius 3 is 2.76 bits per heavy atom. The smallest absolute Gasteiger partial charge is 0.221 e. The first kappa shape index (κ1) is 11.1. The van der Waals surface area contributed by atoms with Crippen LogP contribution in [0.1, 0.15) is 30.7 Å². The Bertz CT molecular complexity index is 459. The van der Waals surface area contributed by atoms with E-state index in [9.17, 15) is 4.79 Å². The van der Waals surface area contributed by atoms with Gasteiger partial charge in [-0.2, -0.15) is 0 Å². The number of nitrogens with two attached hydrogens (primary N) is 1. The number of amides is 1. The van der Waals surface area contributed by atoms with Crippen LogP contribution in [0.5, 0.6) is 0 Å². The van der Waals surface area contributed by atoms with Crippen molar-refractivity contribution in [3.05, 3.63) is 34.9 Å². The highest BCUT2D eigenvalue weighted by atomic mass is 35.5. The molecule has 0 heterocycles. The Labute approximate surface area is 106 Å². The predicted molar refractivity (Wildman–Crippen MR) is 67.7 cm³/mol. The Balaban J connectivity index is 1.98. The maximum absolute atomic E-state index is 11.6. The minimum absolute atomic E-state index is 0.0206. The minimum Gasteiger partial charge on any atom is -0.369 e. The lowest BCUT2D eigenvalue weighted by Gasteiger charge is -2.29. The Morgan fingerprint density at radius 2 is 2.06 bits per heavy atom. The topological polar surface area (TPSA) is 43.1 Å². The summed E-state index contributed by atoms with van der Waals surface area (Å²) in [4.78, 5) is 11.6. The van der Waals surface area contributed by atoms with E-state index in [2.05, 4.69) is 6.07 Å². The van der Waals surface area contributed by atoms with E-state index in [0.29, 0.717) is 17.8 Å². The van der Waals surface area contributed by atoms with Crippen molar-refractivity contribution in [2.24, 2.45) is 23.5 Å². The van der Waals surface area contributed by atoms with Crippen molar-refractivity contribution < 1.29 is 4.79 Å². The van der Waals surface area contributed by atoms with Crippen molar-refractivity contribution >= 4 is 17.5 Å². The van der Waals surface area contributed by atoms with Crippen molar-refractivity contribution in [1.29, 1.82) is 0 Å². The summed E-state index contributed by atoms with van der Waals surface area (Å²) < 4.78 is 0. The molecular weight excluding hydrogens is 234 g/mol. The fourth-order valence-electron chi connectivity index (χ4n) is 3.89. The van der Waals surface area contributed by atoms with Crippen molar-refractivity contribution in [1.82, 2.24) is 0 Å². The summed E-state index contributed by atoms with van der Waals surface area (Å²) in [5.41, 5.74) is 6.77. The molecule has 3 heteroatoms. The minimum atomic E-state index is -0.137. The second-order valence-electron chi connectivity index (χ2n) is 5.34. The van der Waals surface area contributed by atoms with Gasteiger partial charge >= 0.3 is 0 Å². The molecule has 1 amide bonds. The second-order valence-corrected chi connectivity index (χ2v) is 5.78. The van der Waals surface area contributed by atoms with Gasteiger partial charge in [0, 0.05) is 10.9 Å². The first-order valence-corrected chi connectivity index (χ1v) is 6.59. The lowest BCUT2D eigenvalue weighted by Crippen LogP contribution is -2.33. The Hall–Kier alpha value is -1.02. The predicted octanol–water partition coefficient (Wildman–Crippen LogP) is 2.96. The molecule has 2 nitrogen and oxygen atoms in total. The van der Waals surface area contributed by atoms with Crippen molar-refractivity contribution in [2.45, 2.75) is 25.2 Å². The molecule has 1 aromatic rings. The van der Waals surface area contributed by atoms with Gasteiger partial charge < -0.3 is 5.73 Å². The number of carbonyl (C=O) groups excluding carboxylic acids is 1. The normalized spacial score (nSPS) is 35.1. The van der Waals surface area contributed by atoms with E-state index in [1.807, 2.05) is 18.2 Å². The van der Waals surface area contributed by atoms with E-state index in [-0.39, 0.29) is 11.8 Å². The number of hydrogen-bond acceptors (Lipinski definition) is 1. The zero-order valence-electron chi connectivity index (χ0n) is 9.60. The molecule has 0 radical (unpaired) electrons. The van der Waals surface area contributed by atoms with Crippen LogP contribution >= 0.6 is 11.6 Å². The molecule has 90 valence electrons. The Morgan fingerprint density at radius 1 is 1.29 bits per heavy atom. The van der Waals surface area contributed by atoms with Crippen molar-refractivity contribution in [3.63, 3.8) is 0 Å². The molecule has 17 heavy (non-hydrogen) atoms. The molecule has 0 unspecified atom stereocenters. The summed E-state index contributed by atoms with van der Waals surface area (Å²) in [6.45, 7) is 0. The van der Waals surface area contributed by atoms with E-state index in [1.54, 1.807) is 0 Å². The van der Waals surface area contributed by atoms with Crippen LogP contribution in [-0.2, 0) is 4.79 Å². The van der Waals surface area contributed by atoms with Crippen molar-refractivity contribution in [2.75, 3.05) is 0 Å². The highest BCUT2D eigenvalue weighted by Crippen LogP contribution is 2.56. The maximum atomic E-state index is 11.6. The van der Waals surface area contributed by atoms with Crippen LogP contribution in [0.15, 0.2) is 24.3 Å². The fraction of sp³-hybridized carbons (Fsp3) is 0.500. The first-order valence-electron chi connectivity index (χ1n) is 6.21. The van der Waals surface area contributed by atoms with Gasteiger partial charge in [-0.05, 0) is 54.7 Å². The molecule has 2 fully saturated rings. The summed E-state index contributed by atoms with van der Waals surface area (Å²) >= 11 is 6.04. The van der Waals surface area contributed by atoms with Crippen molar-refractivity contribution in [3.8, 4) is 0 Å². The summed E-state index contributed by atoms with van der Waals surface area (Å²) in [5.74, 6) is 1.30. The van der Waals surface area contributed by atoms with Gasteiger partial charge in [0.05, 0.1) is 0 Å². The van der Waals surface area contributed by atoms with Crippen LogP contribution in [0.25, 0.3) is 0 Å². The van der Waals surface area contributed by atoms with Crippen LogP contribution in [0.2, 0.25) is 5.02 Å². The van der Waals surface area contributed by atoms with Gasteiger partial charge in [-0.15, -0.1) is 0 Å². The summed E-state index contributed by atoms with van der Waals surface area (Å²) in [6.07, 6.45) is 3.55. The highest BCUT2D eigenvalue weighted by molar-refractivity contribution is 6.30. The molecule has 3 rings (SSSR count). The SMILES string of the molecule is NC(=O)[C@@H]1[C@@H]2CC[C@@H](C2)[C@H]1c1cccc(Cl)c1. The molecule has 4 atom stereocenters. The lowest BCUT2D eigenvalue weighted by atomic mass is 9.75. The zero-order valence-corrected chi connectivity index (χ0v) is 10.4. The van der Waals surface area contributed by atoms with Crippen LogP contribution in [0, 0.1) is 17.8 Å². The largest absolute Gasteiger partial charge is 0.369 e. The lowest BCUT2D eigenvalue weighted by molar-refractivity contribution is -0.123. The van der Waals surface area contributed by atoms with Gasteiger partial charge in [0.25, 0.3) is 0 Å². The average molecular weight is 250 g/mol. The van der Waals surface area contributed by atoms with E-state index in [4.69, 9.17) is 17.3 Å². The quantitative estimate of drug-likeness (QED) is 0.860.